The van der Waals surface area contributed by atoms with Crippen molar-refractivity contribution in [3.8, 4) is 0 Å². The summed E-state index contributed by atoms with van der Waals surface area (Å²) < 4.78 is 26.1. The molecule has 0 amide bonds. The Morgan fingerprint density at radius 2 is 2.31 bits per heavy atom. The highest BCUT2D eigenvalue weighted by Gasteiger charge is 2.18. The number of rotatable bonds is 4. The molecule has 6 nitrogen and oxygen atoms in total. The second-order valence-electron chi connectivity index (χ2n) is 3.24. The summed E-state index contributed by atoms with van der Waals surface area (Å²) in [6.07, 6.45) is 3.03. The standard InChI is InChI=1S/C9H12N4O2S/c10-3-5-13-16(14,15)8-6-12-9-7(8)2-1-4-11-9/h1-2,4,6,13H,3,5,10H2,(H,11,12). The molecule has 0 radical (unpaired) electrons. The monoisotopic (exact) mass is 240 g/mol. The SMILES string of the molecule is NCCNS(=O)(=O)c1c[nH]c2ncccc12. The van der Waals surface area contributed by atoms with Gasteiger partial charge in [-0.2, -0.15) is 0 Å². The quantitative estimate of drug-likeness (QED) is 0.688. The number of sulfonamides is 1. The van der Waals surface area contributed by atoms with Gasteiger partial charge in [0.15, 0.2) is 0 Å². The van der Waals surface area contributed by atoms with Crippen molar-refractivity contribution in [3.05, 3.63) is 24.5 Å². The van der Waals surface area contributed by atoms with Gasteiger partial charge < -0.3 is 10.7 Å². The lowest BCUT2D eigenvalue weighted by Gasteiger charge is -2.03. The first-order valence-corrected chi connectivity index (χ1v) is 6.25. The average molecular weight is 240 g/mol. The van der Waals surface area contributed by atoms with Crippen molar-refractivity contribution in [2.75, 3.05) is 13.1 Å². The molecule has 4 N–H and O–H groups in total. The van der Waals surface area contributed by atoms with Gasteiger partial charge in [-0.25, -0.2) is 18.1 Å². The number of nitrogens with two attached hydrogens (primary N) is 1. The molecular formula is C9H12N4O2S. The molecule has 2 rings (SSSR count). The van der Waals surface area contributed by atoms with E-state index in [0.29, 0.717) is 11.0 Å². The van der Waals surface area contributed by atoms with E-state index >= 15 is 0 Å². The molecule has 2 aromatic rings. The van der Waals surface area contributed by atoms with E-state index < -0.39 is 10.0 Å². The molecule has 0 fully saturated rings. The maximum atomic E-state index is 11.9. The second kappa shape index (κ2) is 4.20. The van der Waals surface area contributed by atoms with Crippen LogP contribution in [0.4, 0.5) is 0 Å². The Bertz CT molecular complexity index is 590. The number of nitrogens with one attached hydrogen (secondary N) is 2. The highest BCUT2D eigenvalue weighted by molar-refractivity contribution is 7.89. The zero-order chi connectivity index (χ0) is 11.6. The van der Waals surface area contributed by atoms with Crippen LogP contribution in [0.3, 0.4) is 0 Å². The van der Waals surface area contributed by atoms with Crippen molar-refractivity contribution in [1.82, 2.24) is 14.7 Å². The fourth-order valence-electron chi connectivity index (χ4n) is 1.42. The van der Waals surface area contributed by atoms with E-state index in [-0.39, 0.29) is 18.0 Å². The van der Waals surface area contributed by atoms with Crippen LogP contribution in [0, 0.1) is 0 Å². The summed E-state index contributed by atoms with van der Waals surface area (Å²) in [6, 6.07) is 3.40. The van der Waals surface area contributed by atoms with Crippen LogP contribution in [0.2, 0.25) is 0 Å². The number of H-pyrrole nitrogens is 1. The van der Waals surface area contributed by atoms with Crippen molar-refractivity contribution < 1.29 is 8.42 Å². The van der Waals surface area contributed by atoms with Crippen LogP contribution in [0.25, 0.3) is 11.0 Å². The van der Waals surface area contributed by atoms with Crippen LogP contribution >= 0.6 is 0 Å². The van der Waals surface area contributed by atoms with Gasteiger partial charge in [-0.3, -0.25) is 0 Å². The van der Waals surface area contributed by atoms with Crippen molar-refractivity contribution in [2.45, 2.75) is 4.90 Å². The maximum absolute atomic E-state index is 11.9. The summed E-state index contributed by atoms with van der Waals surface area (Å²) >= 11 is 0. The normalized spacial score (nSPS) is 12.1. The molecular weight excluding hydrogens is 228 g/mol. The number of aromatic amines is 1. The number of aromatic nitrogens is 2. The van der Waals surface area contributed by atoms with Gasteiger partial charge in [-0.1, -0.05) is 0 Å². The molecule has 2 aromatic heterocycles. The van der Waals surface area contributed by atoms with Crippen molar-refractivity contribution in [3.63, 3.8) is 0 Å². The molecule has 16 heavy (non-hydrogen) atoms. The first-order chi connectivity index (χ1) is 7.65. The fourth-order valence-corrected chi connectivity index (χ4v) is 2.63. The topological polar surface area (TPSA) is 101 Å². The number of hydrogen-bond acceptors (Lipinski definition) is 4. The summed E-state index contributed by atoms with van der Waals surface area (Å²) in [5.41, 5.74) is 5.81. The molecule has 2 heterocycles. The molecule has 0 aliphatic rings. The number of nitrogens with zero attached hydrogens (tertiary/aromatic N) is 1. The van der Waals surface area contributed by atoms with E-state index in [1.165, 1.54) is 6.20 Å². The summed E-state index contributed by atoms with van der Waals surface area (Å²) in [7, 11) is -3.51. The predicted octanol–water partition coefficient (Wildman–Crippen LogP) is -0.200. The van der Waals surface area contributed by atoms with E-state index in [2.05, 4.69) is 14.7 Å². The van der Waals surface area contributed by atoms with E-state index in [1.807, 2.05) is 0 Å². The van der Waals surface area contributed by atoms with Gasteiger partial charge in [0.25, 0.3) is 0 Å². The van der Waals surface area contributed by atoms with Crippen LogP contribution in [0.15, 0.2) is 29.4 Å². The van der Waals surface area contributed by atoms with E-state index in [4.69, 9.17) is 5.73 Å². The minimum Gasteiger partial charge on any atom is -0.345 e. The van der Waals surface area contributed by atoms with Gasteiger partial charge in [0.1, 0.15) is 10.5 Å². The molecule has 0 aliphatic carbocycles. The fraction of sp³-hybridized carbons (Fsp3) is 0.222. The molecule has 7 heteroatoms. The van der Waals surface area contributed by atoms with Gasteiger partial charge in [0.2, 0.25) is 10.0 Å². The molecule has 0 saturated heterocycles. The van der Waals surface area contributed by atoms with E-state index in [0.717, 1.165) is 0 Å². The Balaban J connectivity index is 2.47. The first kappa shape index (κ1) is 11.1. The third kappa shape index (κ3) is 1.92. The molecule has 0 aliphatic heterocycles. The van der Waals surface area contributed by atoms with Gasteiger partial charge in [0, 0.05) is 30.9 Å². The highest BCUT2D eigenvalue weighted by Crippen LogP contribution is 2.20. The van der Waals surface area contributed by atoms with Gasteiger partial charge in [-0.15, -0.1) is 0 Å². The average Bonchev–Trinajstić information content (AvgIpc) is 2.71. The lowest BCUT2D eigenvalue weighted by atomic mass is 10.3. The smallest absolute Gasteiger partial charge is 0.242 e. The summed E-state index contributed by atoms with van der Waals surface area (Å²) in [5.74, 6) is 0. The third-order valence-corrected chi connectivity index (χ3v) is 3.64. The first-order valence-electron chi connectivity index (χ1n) is 4.77. The Kier molecular flexibility index (Phi) is 2.90. The molecule has 0 spiro atoms. The largest absolute Gasteiger partial charge is 0.345 e. The molecule has 0 atom stereocenters. The number of pyridine rings is 1. The summed E-state index contributed by atoms with van der Waals surface area (Å²) in [5, 5.41) is 0.576. The van der Waals surface area contributed by atoms with E-state index in [9.17, 15) is 8.42 Å². The molecule has 0 saturated carbocycles. The third-order valence-electron chi connectivity index (χ3n) is 2.14. The van der Waals surface area contributed by atoms with Crippen LogP contribution < -0.4 is 10.5 Å². The van der Waals surface area contributed by atoms with Crippen molar-refractivity contribution in [2.24, 2.45) is 5.73 Å². The molecule has 0 unspecified atom stereocenters. The maximum Gasteiger partial charge on any atom is 0.242 e. The molecule has 0 bridgehead atoms. The molecule has 0 aromatic carbocycles. The Morgan fingerprint density at radius 3 is 3.06 bits per heavy atom. The Morgan fingerprint density at radius 1 is 1.50 bits per heavy atom. The number of hydrogen-bond donors (Lipinski definition) is 3. The number of fused-ring (bicyclic) bond motifs is 1. The minimum atomic E-state index is -3.51. The van der Waals surface area contributed by atoms with Gasteiger partial charge in [-0.05, 0) is 12.1 Å². The van der Waals surface area contributed by atoms with Crippen LogP contribution in [-0.4, -0.2) is 31.5 Å². The molecule has 86 valence electrons. The Labute approximate surface area is 92.9 Å². The van der Waals surface area contributed by atoms with Crippen LogP contribution in [0.5, 0.6) is 0 Å². The zero-order valence-corrected chi connectivity index (χ0v) is 9.29. The summed E-state index contributed by atoms with van der Waals surface area (Å²) in [4.78, 5) is 7.03. The van der Waals surface area contributed by atoms with Crippen LogP contribution in [-0.2, 0) is 10.0 Å². The summed E-state index contributed by atoms with van der Waals surface area (Å²) in [6.45, 7) is 0.481. The Hall–Kier alpha value is -1.44. The lowest BCUT2D eigenvalue weighted by molar-refractivity contribution is 0.583. The van der Waals surface area contributed by atoms with Crippen molar-refractivity contribution >= 4 is 21.1 Å². The van der Waals surface area contributed by atoms with Crippen LogP contribution in [0.1, 0.15) is 0 Å². The van der Waals surface area contributed by atoms with Crippen molar-refractivity contribution in [1.29, 1.82) is 0 Å². The zero-order valence-electron chi connectivity index (χ0n) is 8.47. The predicted molar refractivity (Wildman–Crippen MR) is 60.3 cm³/mol. The minimum absolute atomic E-state index is 0.198. The van der Waals surface area contributed by atoms with Gasteiger partial charge >= 0.3 is 0 Å². The van der Waals surface area contributed by atoms with Gasteiger partial charge in [0.05, 0.1) is 0 Å². The highest BCUT2D eigenvalue weighted by atomic mass is 32.2. The lowest BCUT2D eigenvalue weighted by Crippen LogP contribution is -2.29. The van der Waals surface area contributed by atoms with E-state index in [1.54, 1.807) is 18.3 Å². The second-order valence-corrected chi connectivity index (χ2v) is 4.97.